The van der Waals surface area contributed by atoms with Crippen molar-refractivity contribution < 1.29 is 14.2 Å². The maximum absolute atomic E-state index is 6.04. The average molecular weight is 430 g/mol. The van der Waals surface area contributed by atoms with Crippen LogP contribution in [-0.2, 0) is 0 Å². The molecule has 0 spiro atoms. The molecule has 0 aliphatic carbocycles. The highest BCUT2D eigenvalue weighted by atomic mass is 31.1. The van der Waals surface area contributed by atoms with Crippen molar-refractivity contribution in [2.45, 2.75) is 0 Å². The van der Waals surface area contributed by atoms with E-state index in [4.69, 9.17) is 14.2 Å². The molecule has 0 unspecified atom stereocenters. The molecule has 4 heteroatoms. The van der Waals surface area contributed by atoms with Crippen LogP contribution in [0.1, 0.15) is 0 Å². The zero-order chi connectivity index (χ0) is 21.9. The fraction of sp³-hybridized carbons (Fsp3) is 0.111. The Balaban J connectivity index is 2.22. The van der Waals surface area contributed by atoms with Gasteiger partial charge >= 0.3 is 0 Å². The Morgan fingerprint density at radius 3 is 1.10 bits per heavy atom. The molecule has 31 heavy (non-hydrogen) atoms. The summed E-state index contributed by atoms with van der Waals surface area (Å²) >= 11 is 0. The summed E-state index contributed by atoms with van der Waals surface area (Å²) in [5, 5.41) is 3.26. The van der Waals surface area contributed by atoms with Gasteiger partial charge in [-0.25, -0.2) is 0 Å². The quantitative estimate of drug-likeness (QED) is 0.294. The fourth-order valence-corrected chi connectivity index (χ4v) is 5.69. The topological polar surface area (TPSA) is 27.7 Å². The molecule has 0 N–H and O–H groups in total. The van der Waals surface area contributed by atoms with Crippen LogP contribution >= 0.6 is 7.92 Å². The molecule has 0 saturated carbocycles. The van der Waals surface area contributed by atoms with Crippen molar-refractivity contribution in [1.29, 1.82) is 0 Å². The summed E-state index contributed by atoms with van der Waals surface area (Å²) in [6.07, 6.45) is 5.25. The first-order valence-corrected chi connectivity index (χ1v) is 11.4. The summed E-state index contributed by atoms with van der Waals surface area (Å²) in [6, 6.07) is 24.4. The summed E-state index contributed by atoms with van der Waals surface area (Å²) in [4.78, 5) is 0. The van der Waals surface area contributed by atoms with Crippen molar-refractivity contribution in [2.24, 2.45) is 0 Å². The minimum Gasteiger partial charge on any atom is -0.489 e. The molecule has 158 valence electrons. The lowest BCUT2D eigenvalue weighted by molar-refractivity contribution is 0.365. The van der Waals surface area contributed by atoms with Crippen LogP contribution in [-0.4, -0.2) is 19.8 Å². The van der Waals surface area contributed by atoms with E-state index in [0.717, 1.165) is 33.2 Å². The van der Waals surface area contributed by atoms with E-state index < -0.39 is 7.92 Å². The molecule has 0 aliphatic heterocycles. The maximum atomic E-state index is 6.04. The van der Waals surface area contributed by atoms with E-state index in [1.807, 2.05) is 54.6 Å². The molecule has 3 rings (SSSR count). The van der Waals surface area contributed by atoms with Crippen LogP contribution in [0.25, 0.3) is 0 Å². The Kier molecular flexibility index (Phi) is 8.51. The number of hydrogen-bond donors (Lipinski definition) is 0. The average Bonchev–Trinajstić information content (AvgIpc) is 2.82. The van der Waals surface area contributed by atoms with Crippen molar-refractivity contribution >= 4 is 23.8 Å². The van der Waals surface area contributed by atoms with Gasteiger partial charge in [-0.05, 0) is 26.1 Å². The van der Waals surface area contributed by atoms with Gasteiger partial charge in [0, 0.05) is 15.9 Å². The lowest BCUT2D eigenvalue weighted by Gasteiger charge is -2.25. The minimum absolute atomic E-state index is 0.434. The Morgan fingerprint density at radius 1 is 0.516 bits per heavy atom. The van der Waals surface area contributed by atoms with Crippen LogP contribution in [0.15, 0.2) is 111 Å². The summed E-state index contributed by atoms with van der Waals surface area (Å²) in [5.74, 6) is 2.47. The van der Waals surface area contributed by atoms with Gasteiger partial charge in [0.1, 0.15) is 37.1 Å². The third-order valence-corrected chi connectivity index (χ3v) is 6.94. The van der Waals surface area contributed by atoms with E-state index >= 15 is 0 Å². The Bertz CT molecular complexity index is 896. The molecule has 3 nitrogen and oxygen atoms in total. The number of para-hydroxylation sites is 3. The first kappa shape index (κ1) is 22.4. The Labute approximate surface area is 186 Å². The molecule has 0 aliphatic rings. The Morgan fingerprint density at radius 2 is 0.806 bits per heavy atom. The van der Waals surface area contributed by atoms with Crippen molar-refractivity contribution in [3.8, 4) is 17.2 Å². The highest BCUT2D eigenvalue weighted by Gasteiger charge is 2.26. The van der Waals surface area contributed by atoms with E-state index in [1.54, 1.807) is 18.2 Å². The molecule has 3 aromatic carbocycles. The molecular formula is C27H27O3P. The van der Waals surface area contributed by atoms with Gasteiger partial charge in [-0.15, -0.1) is 0 Å². The third kappa shape index (κ3) is 5.65. The number of benzene rings is 3. The van der Waals surface area contributed by atoms with Gasteiger partial charge < -0.3 is 14.2 Å². The van der Waals surface area contributed by atoms with Gasteiger partial charge in [0.2, 0.25) is 0 Å². The zero-order valence-electron chi connectivity index (χ0n) is 17.6. The summed E-state index contributed by atoms with van der Waals surface area (Å²) in [7, 11) is -1.04. The summed E-state index contributed by atoms with van der Waals surface area (Å²) in [5.41, 5.74) is 0. The van der Waals surface area contributed by atoms with Gasteiger partial charge in [-0.3, -0.25) is 0 Å². The zero-order valence-corrected chi connectivity index (χ0v) is 18.5. The van der Waals surface area contributed by atoms with Crippen LogP contribution < -0.4 is 30.1 Å². The van der Waals surface area contributed by atoms with E-state index in [2.05, 4.69) is 37.9 Å². The van der Waals surface area contributed by atoms with E-state index in [-0.39, 0.29) is 0 Å². The lowest BCUT2D eigenvalue weighted by atomic mass is 10.3. The highest BCUT2D eigenvalue weighted by molar-refractivity contribution is 7.80. The fourth-order valence-electron chi connectivity index (χ4n) is 3.13. The second-order valence-electron chi connectivity index (χ2n) is 6.54. The van der Waals surface area contributed by atoms with Crippen LogP contribution in [0.3, 0.4) is 0 Å². The largest absolute Gasteiger partial charge is 0.489 e. The van der Waals surface area contributed by atoms with Crippen molar-refractivity contribution in [3.63, 3.8) is 0 Å². The highest BCUT2D eigenvalue weighted by Crippen LogP contribution is 2.42. The van der Waals surface area contributed by atoms with E-state index in [9.17, 15) is 0 Å². The minimum atomic E-state index is -1.04. The van der Waals surface area contributed by atoms with Crippen LogP contribution in [0.2, 0.25) is 0 Å². The van der Waals surface area contributed by atoms with E-state index in [1.165, 1.54) is 0 Å². The normalized spacial score (nSPS) is 10.4. The van der Waals surface area contributed by atoms with Gasteiger partial charge in [0.15, 0.2) is 0 Å². The summed E-state index contributed by atoms with van der Waals surface area (Å²) < 4.78 is 18.1. The number of ether oxygens (including phenoxy) is 3. The third-order valence-electron chi connectivity index (χ3n) is 4.39. The SMILES string of the molecule is C=CCOc1ccccc1P(c1ccccc1OCC=C)c1ccccc1OCC=C. The molecule has 0 atom stereocenters. The van der Waals surface area contributed by atoms with Gasteiger partial charge in [0.05, 0.1) is 0 Å². The predicted octanol–water partition coefficient (Wildman–Crippen LogP) is 5.14. The predicted molar refractivity (Wildman–Crippen MR) is 132 cm³/mol. The van der Waals surface area contributed by atoms with Crippen LogP contribution in [0.4, 0.5) is 0 Å². The smallest absolute Gasteiger partial charge is 0.128 e. The van der Waals surface area contributed by atoms with Crippen molar-refractivity contribution in [2.75, 3.05) is 19.8 Å². The molecule has 3 aromatic rings. The van der Waals surface area contributed by atoms with Crippen LogP contribution in [0.5, 0.6) is 17.2 Å². The molecule has 0 aromatic heterocycles. The molecule has 0 heterocycles. The molecule has 0 fully saturated rings. The van der Waals surface area contributed by atoms with Crippen LogP contribution in [0, 0.1) is 0 Å². The summed E-state index contributed by atoms with van der Waals surface area (Å²) in [6.45, 7) is 12.7. The van der Waals surface area contributed by atoms with Crippen molar-refractivity contribution in [1.82, 2.24) is 0 Å². The molecular weight excluding hydrogens is 403 g/mol. The maximum Gasteiger partial charge on any atom is 0.128 e. The molecule has 0 bridgehead atoms. The second kappa shape index (κ2) is 11.8. The van der Waals surface area contributed by atoms with Gasteiger partial charge in [-0.1, -0.05) is 92.6 Å². The van der Waals surface area contributed by atoms with Gasteiger partial charge in [0.25, 0.3) is 0 Å². The van der Waals surface area contributed by atoms with E-state index in [0.29, 0.717) is 19.8 Å². The second-order valence-corrected chi connectivity index (χ2v) is 8.65. The first-order valence-electron chi connectivity index (χ1n) is 10.1. The van der Waals surface area contributed by atoms with Crippen molar-refractivity contribution in [3.05, 3.63) is 111 Å². The molecule has 0 amide bonds. The number of hydrogen-bond acceptors (Lipinski definition) is 3. The van der Waals surface area contributed by atoms with Gasteiger partial charge in [-0.2, -0.15) is 0 Å². The monoisotopic (exact) mass is 430 g/mol. The number of rotatable bonds is 12. The lowest BCUT2D eigenvalue weighted by Crippen LogP contribution is -2.25. The molecule has 0 radical (unpaired) electrons. The Hall–Kier alpha value is -3.29. The standard InChI is InChI=1S/C27H27O3P/c1-4-19-28-22-13-7-10-16-25(22)31(26-17-11-8-14-23(26)29-20-5-2)27-18-12-9-15-24(27)30-21-6-3/h4-18H,1-3,19-21H2. The first-order chi connectivity index (χ1) is 15.3. The molecule has 0 saturated heterocycles.